The van der Waals surface area contributed by atoms with Gasteiger partial charge in [0, 0.05) is 18.3 Å². The van der Waals surface area contributed by atoms with Crippen LogP contribution < -0.4 is 21.3 Å². The first-order valence-corrected chi connectivity index (χ1v) is 7.63. The van der Waals surface area contributed by atoms with Crippen molar-refractivity contribution in [2.75, 3.05) is 18.4 Å². The van der Waals surface area contributed by atoms with Crippen LogP contribution in [0.25, 0.3) is 0 Å². The molecule has 0 bridgehead atoms. The van der Waals surface area contributed by atoms with Crippen molar-refractivity contribution >= 4 is 30.0 Å². The van der Waals surface area contributed by atoms with Gasteiger partial charge < -0.3 is 21.3 Å². The topological polar surface area (TPSA) is 82.3 Å². The Morgan fingerprint density at radius 2 is 1.96 bits per heavy atom. The highest BCUT2D eigenvalue weighted by molar-refractivity contribution is 5.95. The van der Waals surface area contributed by atoms with Crippen LogP contribution in [0.1, 0.15) is 26.7 Å². The fourth-order valence-electron chi connectivity index (χ4n) is 2.39. The van der Waals surface area contributed by atoms with E-state index in [-0.39, 0.29) is 18.3 Å². The van der Waals surface area contributed by atoms with Gasteiger partial charge in [-0.2, -0.15) is 0 Å². The summed E-state index contributed by atoms with van der Waals surface area (Å²) >= 11 is 0. The third kappa shape index (κ3) is 6.08. The standard InChI is InChI=1S/C16H24N4O2.ClH/c1-16(2,14(21)18-11-13-9-6-10-17-13)20-15(22)19-12-7-4-3-5-8-12;/h3-5,7-8,13,17H,6,9-11H2,1-2H3,(H,18,21)(H2,19,20,22);1H. The lowest BCUT2D eigenvalue weighted by Crippen LogP contribution is -2.57. The van der Waals surface area contributed by atoms with Gasteiger partial charge in [-0.25, -0.2) is 4.79 Å². The van der Waals surface area contributed by atoms with Gasteiger partial charge >= 0.3 is 6.03 Å². The molecule has 4 N–H and O–H groups in total. The Hall–Kier alpha value is -1.79. The number of nitrogens with one attached hydrogen (secondary N) is 4. The number of para-hydroxylation sites is 1. The fourth-order valence-corrected chi connectivity index (χ4v) is 2.39. The van der Waals surface area contributed by atoms with Crippen molar-refractivity contribution in [3.63, 3.8) is 0 Å². The molecule has 0 aromatic heterocycles. The van der Waals surface area contributed by atoms with Crippen LogP contribution >= 0.6 is 12.4 Å². The molecule has 128 valence electrons. The molecule has 1 unspecified atom stereocenters. The van der Waals surface area contributed by atoms with E-state index in [1.165, 1.54) is 0 Å². The summed E-state index contributed by atoms with van der Waals surface area (Å²) in [5, 5.41) is 11.6. The van der Waals surface area contributed by atoms with Crippen molar-refractivity contribution in [1.29, 1.82) is 0 Å². The third-order valence-electron chi connectivity index (χ3n) is 3.70. The molecule has 1 atom stereocenters. The normalized spacial score (nSPS) is 17.0. The second-order valence-corrected chi connectivity index (χ2v) is 6.07. The minimum absolute atomic E-state index is 0. The Bertz CT molecular complexity index is 516. The lowest BCUT2D eigenvalue weighted by atomic mass is 10.0. The number of rotatable bonds is 5. The SMILES string of the molecule is CC(C)(NC(=O)Nc1ccccc1)C(=O)NCC1CCCN1.Cl. The van der Waals surface area contributed by atoms with Gasteiger partial charge in [-0.05, 0) is 45.4 Å². The van der Waals surface area contributed by atoms with Crippen molar-refractivity contribution in [2.24, 2.45) is 0 Å². The number of urea groups is 1. The molecule has 6 nitrogen and oxygen atoms in total. The zero-order valence-corrected chi connectivity index (χ0v) is 14.3. The van der Waals surface area contributed by atoms with Crippen LogP contribution in [-0.4, -0.2) is 36.6 Å². The molecule has 0 aliphatic carbocycles. The fraction of sp³-hybridized carbons (Fsp3) is 0.500. The Labute approximate surface area is 143 Å². The van der Waals surface area contributed by atoms with Crippen LogP contribution in [0.5, 0.6) is 0 Å². The lowest BCUT2D eigenvalue weighted by molar-refractivity contribution is -0.126. The summed E-state index contributed by atoms with van der Waals surface area (Å²) in [6, 6.07) is 9.06. The molecule has 0 spiro atoms. The molecule has 1 aromatic rings. The number of amides is 3. The minimum atomic E-state index is -0.975. The summed E-state index contributed by atoms with van der Waals surface area (Å²) in [6.45, 7) is 4.97. The van der Waals surface area contributed by atoms with Crippen LogP contribution in [0.15, 0.2) is 30.3 Å². The quantitative estimate of drug-likeness (QED) is 0.660. The zero-order valence-electron chi connectivity index (χ0n) is 13.5. The smallest absolute Gasteiger partial charge is 0.320 e. The summed E-state index contributed by atoms with van der Waals surface area (Å²) in [7, 11) is 0. The lowest BCUT2D eigenvalue weighted by Gasteiger charge is -2.26. The van der Waals surface area contributed by atoms with Gasteiger partial charge in [-0.15, -0.1) is 12.4 Å². The molecular formula is C16H25ClN4O2. The van der Waals surface area contributed by atoms with E-state index in [1.807, 2.05) is 18.2 Å². The average Bonchev–Trinajstić information content (AvgIpc) is 2.98. The molecule has 7 heteroatoms. The van der Waals surface area contributed by atoms with Crippen LogP contribution in [-0.2, 0) is 4.79 Å². The number of halogens is 1. The van der Waals surface area contributed by atoms with Crippen molar-refractivity contribution in [2.45, 2.75) is 38.3 Å². The van der Waals surface area contributed by atoms with Crippen molar-refractivity contribution < 1.29 is 9.59 Å². The molecule has 0 saturated carbocycles. The summed E-state index contributed by atoms with van der Waals surface area (Å²) in [5.41, 5.74) is -0.288. The highest BCUT2D eigenvalue weighted by Crippen LogP contribution is 2.08. The van der Waals surface area contributed by atoms with Crippen molar-refractivity contribution in [3.05, 3.63) is 30.3 Å². The van der Waals surface area contributed by atoms with Crippen LogP contribution in [0, 0.1) is 0 Å². The van der Waals surface area contributed by atoms with Crippen LogP contribution in [0.4, 0.5) is 10.5 Å². The van der Waals surface area contributed by atoms with Gasteiger partial charge in [0.25, 0.3) is 0 Å². The number of carbonyl (C=O) groups excluding carboxylic acids is 2. The number of anilines is 1. The molecule has 1 heterocycles. The van der Waals surface area contributed by atoms with E-state index in [9.17, 15) is 9.59 Å². The Morgan fingerprint density at radius 1 is 1.26 bits per heavy atom. The van der Waals surface area contributed by atoms with Gasteiger partial charge in [-0.1, -0.05) is 18.2 Å². The highest BCUT2D eigenvalue weighted by atomic mass is 35.5. The minimum Gasteiger partial charge on any atom is -0.353 e. The van der Waals surface area contributed by atoms with E-state index in [2.05, 4.69) is 21.3 Å². The first-order valence-electron chi connectivity index (χ1n) is 7.63. The van der Waals surface area contributed by atoms with E-state index >= 15 is 0 Å². The Morgan fingerprint density at radius 3 is 2.57 bits per heavy atom. The molecule has 1 fully saturated rings. The predicted molar refractivity (Wildman–Crippen MR) is 94.0 cm³/mol. The van der Waals surface area contributed by atoms with E-state index < -0.39 is 11.6 Å². The number of benzene rings is 1. The Kier molecular flexibility index (Phi) is 7.32. The summed E-state index contributed by atoms with van der Waals surface area (Å²) in [6.07, 6.45) is 2.21. The third-order valence-corrected chi connectivity index (χ3v) is 3.70. The van der Waals surface area contributed by atoms with Crippen LogP contribution in [0.3, 0.4) is 0 Å². The molecule has 0 radical (unpaired) electrons. The molecule has 2 rings (SSSR count). The molecule has 1 saturated heterocycles. The van der Waals surface area contributed by atoms with Gasteiger partial charge in [0.2, 0.25) is 5.91 Å². The van der Waals surface area contributed by atoms with Gasteiger partial charge in [-0.3, -0.25) is 4.79 Å². The largest absolute Gasteiger partial charge is 0.353 e. The number of hydrogen-bond acceptors (Lipinski definition) is 3. The zero-order chi connectivity index (χ0) is 16.0. The van der Waals surface area contributed by atoms with Gasteiger partial charge in [0.1, 0.15) is 5.54 Å². The Balaban J connectivity index is 0.00000264. The monoisotopic (exact) mass is 340 g/mol. The first kappa shape index (κ1) is 19.3. The maximum Gasteiger partial charge on any atom is 0.320 e. The van der Waals surface area contributed by atoms with Gasteiger partial charge in [0.15, 0.2) is 0 Å². The molecule has 1 aliphatic heterocycles. The van der Waals surface area contributed by atoms with E-state index in [0.717, 1.165) is 19.4 Å². The van der Waals surface area contributed by atoms with Crippen molar-refractivity contribution in [1.82, 2.24) is 16.0 Å². The van der Waals surface area contributed by atoms with Gasteiger partial charge in [0.05, 0.1) is 0 Å². The molecule has 1 aromatic carbocycles. The van der Waals surface area contributed by atoms with E-state index in [4.69, 9.17) is 0 Å². The molecular weight excluding hydrogens is 316 g/mol. The van der Waals surface area contributed by atoms with E-state index in [0.29, 0.717) is 18.3 Å². The van der Waals surface area contributed by atoms with Crippen LogP contribution in [0.2, 0.25) is 0 Å². The number of hydrogen-bond donors (Lipinski definition) is 4. The molecule has 1 aliphatic rings. The maximum absolute atomic E-state index is 12.2. The number of carbonyl (C=O) groups is 2. The predicted octanol–water partition coefficient (Wildman–Crippen LogP) is 1.88. The second kappa shape index (κ2) is 8.74. The summed E-state index contributed by atoms with van der Waals surface area (Å²) < 4.78 is 0. The second-order valence-electron chi connectivity index (χ2n) is 6.07. The van der Waals surface area contributed by atoms with E-state index in [1.54, 1.807) is 26.0 Å². The molecule has 3 amide bonds. The maximum atomic E-state index is 12.2. The summed E-state index contributed by atoms with van der Waals surface area (Å²) in [5.74, 6) is -0.190. The first-order chi connectivity index (χ1) is 10.5. The van der Waals surface area contributed by atoms with Crippen molar-refractivity contribution in [3.8, 4) is 0 Å². The molecule has 23 heavy (non-hydrogen) atoms. The summed E-state index contributed by atoms with van der Waals surface area (Å²) in [4.78, 5) is 24.2. The highest BCUT2D eigenvalue weighted by Gasteiger charge is 2.30. The average molecular weight is 341 g/mol.